The molecule has 0 radical (unpaired) electrons. The summed E-state index contributed by atoms with van der Waals surface area (Å²) in [4.78, 5) is 53.9. The average Bonchev–Trinajstić information content (AvgIpc) is 2.78. The molecule has 1 fully saturated rings. The summed E-state index contributed by atoms with van der Waals surface area (Å²) in [6.45, 7) is 6.78. The number of nitrogens with one attached hydrogen (secondary N) is 1. The van der Waals surface area contributed by atoms with Crippen LogP contribution in [-0.4, -0.2) is 137 Å². The number of benzene rings is 1. The van der Waals surface area contributed by atoms with Gasteiger partial charge in [-0.15, -0.1) is 0 Å². The van der Waals surface area contributed by atoms with E-state index in [4.69, 9.17) is 0 Å². The molecule has 0 atom stereocenters. The van der Waals surface area contributed by atoms with E-state index in [2.05, 4.69) is 11.4 Å². The highest BCUT2D eigenvalue weighted by atomic mass is 16.4. The van der Waals surface area contributed by atoms with Gasteiger partial charge in [-0.2, -0.15) is 0 Å². The minimum Gasteiger partial charge on any atom is -0.480 e. The van der Waals surface area contributed by atoms with Crippen molar-refractivity contribution in [3.8, 4) is 0 Å². The van der Waals surface area contributed by atoms with Crippen LogP contribution in [-0.2, 0) is 25.7 Å². The number of carbonyl (C=O) groups is 4. The summed E-state index contributed by atoms with van der Waals surface area (Å²) >= 11 is 0. The predicted octanol–water partition coefficient (Wildman–Crippen LogP) is -0.605. The van der Waals surface area contributed by atoms with Gasteiger partial charge < -0.3 is 20.6 Å². The van der Waals surface area contributed by atoms with Gasteiger partial charge in [0.05, 0.1) is 26.2 Å². The van der Waals surface area contributed by atoms with Crippen LogP contribution < -0.4 is 5.32 Å². The summed E-state index contributed by atoms with van der Waals surface area (Å²) in [5.41, 5.74) is 3.24. The molecule has 0 aliphatic carbocycles. The van der Waals surface area contributed by atoms with Crippen LogP contribution in [0.2, 0.25) is 0 Å². The minimum absolute atomic E-state index is 0.0950. The molecule has 0 aromatic heterocycles. The molecule has 37 heavy (non-hydrogen) atoms. The Kier molecular flexibility index (Phi) is 12.4. The van der Waals surface area contributed by atoms with Crippen molar-refractivity contribution in [2.24, 2.45) is 0 Å². The lowest BCUT2D eigenvalue weighted by atomic mass is 10.1. The molecular weight excluding hydrogens is 482 g/mol. The van der Waals surface area contributed by atoms with Gasteiger partial charge in [0.2, 0.25) is 5.91 Å². The number of aryl methyl sites for hydroxylation is 2. The molecule has 0 spiro atoms. The third-order valence-electron chi connectivity index (χ3n) is 6.14. The number of hydrogen-bond acceptors (Lipinski definition) is 8. The highest BCUT2D eigenvalue weighted by molar-refractivity contribution is 5.78. The number of hydrogen-bond donors (Lipinski definition) is 4. The molecule has 0 bridgehead atoms. The van der Waals surface area contributed by atoms with Gasteiger partial charge in [-0.1, -0.05) is 29.3 Å². The monoisotopic (exact) mass is 521 g/mol. The first-order valence-corrected chi connectivity index (χ1v) is 12.4. The fraction of sp³-hybridized carbons (Fsp3) is 0.600. The van der Waals surface area contributed by atoms with Crippen molar-refractivity contribution in [1.82, 2.24) is 24.9 Å². The van der Waals surface area contributed by atoms with Crippen LogP contribution in [0.1, 0.15) is 16.7 Å². The van der Waals surface area contributed by atoms with Gasteiger partial charge in [0.25, 0.3) is 0 Å². The van der Waals surface area contributed by atoms with Gasteiger partial charge in [0.1, 0.15) is 0 Å². The third-order valence-corrected chi connectivity index (χ3v) is 6.14. The van der Waals surface area contributed by atoms with Gasteiger partial charge >= 0.3 is 17.9 Å². The Bertz CT molecular complexity index is 890. The molecule has 0 saturated carbocycles. The lowest BCUT2D eigenvalue weighted by Gasteiger charge is -2.32. The number of carbonyl (C=O) groups excluding carboxylic acids is 1. The fourth-order valence-corrected chi connectivity index (χ4v) is 4.42. The second-order valence-electron chi connectivity index (χ2n) is 9.56. The van der Waals surface area contributed by atoms with E-state index in [1.807, 2.05) is 30.9 Å². The van der Waals surface area contributed by atoms with Crippen molar-refractivity contribution in [3.05, 3.63) is 34.9 Å². The zero-order chi connectivity index (χ0) is 27.4. The molecule has 4 N–H and O–H groups in total. The maximum Gasteiger partial charge on any atom is 0.317 e. The smallest absolute Gasteiger partial charge is 0.317 e. The largest absolute Gasteiger partial charge is 0.480 e. The van der Waals surface area contributed by atoms with E-state index in [0.29, 0.717) is 58.9 Å². The first-order valence-electron chi connectivity index (χ1n) is 12.4. The van der Waals surface area contributed by atoms with Gasteiger partial charge in [-0.3, -0.25) is 38.8 Å². The van der Waals surface area contributed by atoms with E-state index in [9.17, 15) is 34.5 Å². The molecule has 12 nitrogen and oxygen atoms in total. The van der Waals surface area contributed by atoms with Crippen molar-refractivity contribution in [1.29, 1.82) is 0 Å². The van der Waals surface area contributed by atoms with Crippen LogP contribution in [0.25, 0.3) is 0 Å². The fourth-order valence-electron chi connectivity index (χ4n) is 4.42. The zero-order valence-electron chi connectivity index (χ0n) is 21.7. The summed E-state index contributed by atoms with van der Waals surface area (Å²) in [6, 6.07) is 6.10. The second-order valence-corrected chi connectivity index (χ2v) is 9.56. The van der Waals surface area contributed by atoms with Crippen molar-refractivity contribution in [2.45, 2.75) is 20.4 Å². The first kappa shape index (κ1) is 30.2. The third kappa shape index (κ3) is 12.6. The van der Waals surface area contributed by atoms with Crippen LogP contribution in [0.15, 0.2) is 18.2 Å². The zero-order valence-corrected chi connectivity index (χ0v) is 21.7. The SMILES string of the molecule is Cc1cc(C)cc(CNC(=O)CN2CCN(CC(=O)O)CCN(CC(=O)O)CCN(CC(=O)O)CC2)c1. The molecule has 1 aromatic rings. The molecule has 12 heteroatoms. The molecule has 1 heterocycles. The molecular formula is C25H39N5O7. The number of nitrogens with zero attached hydrogens (tertiary/aromatic N) is 4. The molecule has 1 saturated heterocycles. The highest BCUT2D eigenvalue weighted by Gasteiger charge is 2.21. The summed E-state index contributed by atoms with van der Waals surface area (Å²) in [5.74, 6) is -3.14. The normalized spacial score (nSPS) is 17.5. The lowest BCUT2D eigenvalue weighted by Crippen LogP contribution is -2.49. The van der Waals surface area contributed by atoms with E-state index in [0.717, 1.165) is 16.7 Å². The van der Waals surface area contributed by atoms with Crippen molar-refractivity contribution >= 4 is 23.8 Å². The molecule has 1 amide bonds. The summed E-state index contributed by atoms with van der Waals surface area (Å²) in [6.07, 6.45) is 0. The maximum absolute atomic E-state index is 12.8. The molecule has 1 aliphatic rings. The second kappa shape index (κ2) is 15.3. The van der Waals surface area contributed by atoms with Gasteiger partial charge in [-0.05, 0) is 19.4 Å². The van der Waals surface area contributed by atoms with Crippen LogP contribution in [0.4, 0.5) is 0 Å². The van der Waals surface area contributed by atoms with Crippen LogP contribution in [0.5, 0.6) is 0 Å². The minimum atomic E-state index is -1.00. The first-order chi connectivity index (χ1) is 17.5. The Hall–Kier alpha value is -3.06. The van der Waals surface area contributed by atoms with Crippen LogP contribution in [0.3, 0.4) is 0 Å². The Labute approximate surface area is 217 Å². The predicted molar refractivity (Wildman–Crippen MR) is 136 cm³/mol. The Morgan fingerprint density at radius 3 is 1.27 bits per heavy atom. The maximum atomic E-state index is 12.8. The molecule has 206 valence electrons. The molecule has 0 unspecified atom stereocenters. The number of aliphatic carboxylic acids is 3. The molecule has 1 aromatic carbocycles. The Morgan fingerprint density at radius 2 is 0.946 bits per heavy atom. The van der Waals surface area contributed by atoms with Crippen molar-refractivity contribution in [2.75, 3.05) is 78.5 Å². The number of carboxylic acids is 3. The Morgan fingerprint density at radius 1 is 0.622 bits per heavy atom. The summed E-state index contributed by atoms with van der Waals surface area (Å²) < 4.78 is 0. The van der Waals surface area contributed by atoms with E-state index in [-0.39, 0.29) is 32.1 Å². The van der Waals surface area contributed by atoms with E-state index >= 15 is 0 Å². The number of rotatable bonds is 10. The lowest BCUT2D eigenvalue weighted by molar-refractivity contribution is -0.140. The van der Waals surface area contributed by atoms with E-state index < -0.39 is 17.9 Å². The standard InChI is InChI=1S/C25H39N5O7/c1-19-11-20(2)13-21(12-19)14-26-22(31)15-27-3-5-28(16-23(32)33)7-9-30(18-25(36)37)10-8-29(6-4-27)17-24(34)35/h11-13H,3-10,14-18H2,1-2H3,(H,26,31)(H,32,33)(H,34,35)(H,36,37). The molecule has 2 rings (SSSR count). The van der Waals surface area contributed by atoms with Gasteiger partial charge in [0.15, 0.2) is 0 Å². The summed E-state index contributed by atoms with van der Waals surface area (Å²) in [5, 5.41) is 30.8. The van der Waals surface area contributed by atoms with E-state index in [1.54, 1.807) is 14.7 Å². The Balaban J connectivity index is 2.08. The molecule has 1 aliphatic heterocycles. The van der Waals surface area contributed by atoms with Gasteiger partial charge in [0, 0.05) is 58.9 Å². The van der Waals surface area contributed by atoms with Gasteiger partial charge in [-0.25, -0.2) is 0 Å². The summed E-state index contributed by atoms with van der Waals surface area (Å²) in [7, 11) is 0. The average molecular weight is 522 g/mol. The highest BCUT2D eigenvalue weighted by Crippen LogP contribution is 2.08. The van der Waals surface area contributed by atoms with Crippen LogP contribution in [0, 0.1) is 13.8 Å². The quantitative estimate of drug-likeness (QED) is 0.312. The van der Waals surface area contributed by atoms with Crippen molar-refractivity contribution in [3.63, 3.8) is 0 Å². The topological polar surface area (TPSA) is 154 Å². The van der Waals surface area contributed by atoms with E-state index in [1.165, 1.54) is 0 Å². The number of amides is 1. The van der Waals surface area contributed by atoms with Crippen LogP contribution >= 0.6 is 0 Å². The van der Waals surface area contributed by atoms with Crippen molar-refractivity contribution < 1.29 is 34.5 Å². The number of carboxylic acid groups (broad SMARTS) is 3.